The van der Waals surface area contributed by atoms with E-state index in [1.165, 1.54) is 23.5 Å². The van der Waals surface area contributed by atoms with E-state index in [-0.39, 0.29) is 11.9 Å². The van der Waals surface area contributed by atoms with Crippen molar-refractivity contribution in [1.29, 1.82) is 0 Å². The Balaban J connectivity index is 1.79. The third-order valence-electron chi connectivity index (χ3n) is 5.55. The average Bonchev–Trinajstić information content (AvgIpc) is 2.99. The van der Waals surface area contributed by atoms with Gasteiger partial charge in [-0.2, -0.15) is 0 Å². The van der Waals surface area contributed by atoms with Gasteiger partial charge in [0, 0.05) is 30.3 Å². The van der Waals surface area contributed by atoms with E-state index in [2.05, 4.69) is 34.7 Å². The Morgan fingerprint density at radius 1 is 1.52 bits per heavy atom. The van der Waals surface area contributed by atoms with Gasteiger partial charge >= 0.3 is 5.97 Å². The summed E-state index contributed by atoms with van der Waals surface area (Å²) in [5, 5.41) is 2.49. The molecule has 2 aliphatic heterocycles. The molecule has 4 nitrogen and oxygen atoms in total. The van der Waals surface area contributed by atoms with Crippen molar-refractivity contribution in [3.8, 4) is 0 Å². The molecule has 0 bridgehead atoms. The van der Waals surface area contributed by atoms with E-state index < -0.39 is 0 Å². The van der Waals surface area contributed by atoms with Crippen LogP contribution in [-0.4, -0.2) is 43.7 Å². The molecular weight excluding hydrogens is 288 g/mol. The number of esters is 1. The summed E-state index contributed by atoms with van der Waals surface area (Å²) in [6, 6.07) is 6.87. The number of hydrogen-bond acceptors (Lipinski definition) is 4. The van der Waals surface area contributed by atoms with E-state index in [1.54, 1.807) is 0 Å². The van der Waals surface area contributed by atoms with E-state index in [9.17, 15) is 4.79 Å². The summed E-state index contributed by atoms with van der Waals surface area (Å²) in [4.78, 5) is 19.2. The maximum absolute atomic E-state index is 12.1. The summed E-state index contributed by atoms with van der Waals surface area (Å²) >= 11 is 0. The molecule has 0 saturated carbocycles. The van der Waals surface area contributed by atoms with Crippen LogP contribution in [-0.2, 0) is 9.53 Å². The van der Waals surface area contributed by atoms with Crippen LogP contribution in [0.15, 0.2) is 35.8 Å². The summed E-state index contributed by atoms with van der Waals surface area (Å²) in [7, 11) is 1.48. The van der Waals surface area contributed by atoms with Crippen molar-refractivity contribution < 1.29 is 9.53 Å². The first-order valence-electron chi connectivity index (χ1n) is 8.31. The Hall–Kier alpha value is -1.94. The molecule has 0 spiro atoms. The largest absolute Gasteiger partial charge is 0.469 e. The van der Waals surface area contributed by atoms with Gasteiger partial charge in [-0.1, -0.05) is 18.2 Å². The van der Waals surface area contributed by atoms with E-state index in [0.717, 1.165) is 37.8 Å². The fourth-order valence-corrected chi connectivity index (χ4v) is 4.59. The number of piperidine rings is 1. The van der Waals surface area contributed by atoms with Crippen molar-refractivity contribution >= 4 is 11.5 Å². The van der Waals surface area contributed by atoms with Crippen LogP contribution in [0.5, 0.6) is 0 Å². The molecule has 0 N–H and O–H groups in total. The number of ether oxygens (including phenoxy) is 1. The second kappa shape index (κ2) is 5.60. The van der Waals surface area contributed by atoms with Gasteiger partial charge in [0.05, 0.1) is 24.9 Å². The zero-order valence-corrected chi connectivity index (χ0v) is 13.5. The Morgan fingerprint density at radius 3 is 3.17 bits per heavy atom. The number of likely N-dealkylation sites (tertiary alicyclic amines) is 1. The molecule has 1 aromatic carbocycles. The second-order valence-corrected chi connectivity index (χ2v) is 6.74. The minimum absolute atomic E-state index is 0.0584. The molecule has 120 valence electrons. The number of rotatable bonds is 3. The number of benzene rings is 1. The van der Waals surface area contributed by atoms with Crippen LogP contribution in [0.2, 0.25) is 0 Å². The van der Waals surface area contributed by atoms with Gasteiger partial charge in [-0.05, 0) is 30.0 Å². The number of hydrogen-bond donors (Lipinski definition) is 0. The van der Waals surface area contributed by atoms with Crippen molar-refractivity contribution in [1.82, 2.24) is 4.90 Å². The van der Waals surface area contributed by atoms with Crippen LogP contribution in [0.4, 0.5) is 0 Å². The third-order valence-corrected chi connectivity index (χ3v) is 5.55. The highest BCUT2D eigenvalue weighted by atomic mass is 16.5. The first kappa shape index (κ1) is 14.6. The lowest BCUT2D eigenvalue weighted by molar-refractivity contribution is -0.148. The van der Waals surface area contributed by atoms with Crippen LogP contribution in [0, 0.1) is 5.92 Å². The Labute approximate surface area is 136 Å². The van der Waals surface area contributed by atoms with Crippen LogP contribution in [0.1, 0.15) is 24.3 Å². The Bertz CT molecular complexity index is 783. The number of carbonyl (C=O) groups is 1. The third kappa shape index (κ3) is 2.24. The lowest BCUT2D eigenvalue weighted by Gasteiger charge is -2.46. The normalized spacial score (nSPS) is 28.6. The lowest BCUT2D eigenvalue weighted by atomic mass is 9.72. The van der Waals surface area contributed by atoms with Crippen molar-refractivity contribution in [2.24, 2.45) is 10.9 Å². The molecule has 23 heavy (non-hydrogen) atoms. The second-order valence-electron chi connectivity index (χ2n) is 6.74. The number of nitrogens with zero attached hydrogens (tertiary/aromatic N) is 2. The van der Waals surface area contributed by atoms with Crippen LogP contribution >= 0.6 is 0 Å². The van der Waals surface area contributed by atoms with Gasteiger partial charge in [-0.3, -0.25) is 14.7 Å². The molecule has 3 atom stereocenters. The Morgan fingerprint density at radius 2 is 2.39 bits per heavy atom. The Kier molecular flexibility index (Phi) is 3.57. The minimum atomic E-state index is -0.0930. The van der Waals surface area contributed by atoms with Gasteiger partial charge < -0.3 is 4.74 Å². The lowest BCUT2D eigenvalue weighted by Crippen LogP contribution is -2.53. The molecule has 4 rings (SSSR count). The van der Waals surface area contributed by atoms with Crippen LogP contribution < -0.4 is 10.6 Å². The first-order valence-corrected chi connectivity index (χ1v) is 8.31. The van der Waals surface area contributed by atoms with Gasteiger partial charge in [0.1, 0.15) is 0 Å². The van der Waals surface area contributed by atoms with Gasteiger partial charge in [0.15, 0.2) is 0 Å². The topological polar surface area (TPSA) is 41.9 Å². The first-order chi connectivity index (χ1) is 11.2. The minimum Gasteiger partial charge on any atom is -0.469 e. The number of carbonyl (C=O) groups excluding carboxylic acids is 1. The number of fused-ring (bicyclic) bond motifs is 2. The molecule has 2 heterocycles. The molecule has 1 aliphatic carbocycles. The van der Waals surface area contributed by atoms with E-state index >= 15 is 0 Å². The SMILES string of the molecule is C=CCN1C[C@H](C(=O)OC)C[C@@H]2c3cccc4c3=C(CN=4)C[C@H]21. The van der Waals surface area contributed by atoms with Crippen molar-refractivity contribution in [2.75, 3.05) is 26.7 Å². The predicted molar refractivity (Wildman–Crippen MR) is 88.5 cm³/mol. The highest BCUT2D eigenvalue weighted by Crippen LogP contribution is 2.40. The van der Waals surface area contributed by atoms with Gasteiger partial charge in [-0.25, -0.2) is 0 Å². The molecule has 4 heteroatoms. The van der Waals surface area contributed by atoms with Crippen LogP contribution in [0.3, 0.4) is 0 Å². The molecule has 0 amide bonds. The zero-order valence-electron chi connectivity index (χ0n) is 13.5. The molecule has 0 aromatic heterocycles. The summed E-state index contributed by atoms with van der Waals surface area (Å²) in [5.74, 6) is 0.223. The molecule has 1 saturated heterocycles. The van der Waals surface area contributed by atoms with Gasteiger partial charge in [0.25, 0.3) is 0 Å². The number of methoxy groups -OCH3 is 1. The van der Waals surface area contributed by atoms with Gasteiger partial charge in [0.2, 0.25) is 0 Å². The van der Waals surface area contributed by atoms with Crippen LogP contribution in [0.25, 0.3) is 5.57 Å². The fourth-order valence-electron chi connectivity index (χ4n) is 4.59. The molecule has 1 aromatic rings. The van der Waals surface area contributed by atoms with E-state index in [1.807, 2.05) is 6.08 Å². The van der Waals surface area contributed by atoms with E-state index in [4.69, 9.17) is 4.74 Å². The van der Waals surface area contributed by atoms with E-state index in [0.29, 0.717) is 12.0 Å². The maximum atomic E-state index is 12.1. The monoisotopic (exact) mass is 310 g/mol. The van der Waals surface area contributed by atoms with Gasteiger partial charge in [-0.15, -0.1) is 6.58 Å². The zero-order chi connectivity index (χ0) is 16.0. The average molecular weight is 310 g/mol. The van der Waals surface area contributed by atoms with Crippen molar-refractivity contribution in [3.63, 3.8) is 0 Å². The quantitative estimate of drug-likeness (QED) is 0.618. The fraction of sp³-hybridized carbons (Fsp3) is 0.474. The summed E-state index contributed by atoms with van der Waals surface area (Å²) in [6.45, 7) is 6.30. The standard InChI is InChI=1S/C19H22N2O2/c1-3-7-21-11-13(19(22)23-2)8-15-14-5-4-6-16-18(14)12(10-20-16)9-17(15)21/h3-6,13,15,17H,1,7-11H2,2H3/t13-,15-,17-/m1/s1. The van der Waals surface area contributed by atoms with Crippen molar-refractivity contribution in [3.05, 3.63) is 47.0 Å². The molecular formula is C19H22N2O2. The molecule has 3 aliphatic rings. The van der Waals surface area contributed by atoms with Crippen molar-refractivity contribution in [2.45, 2.75) is 24.8 Å². The summed E-state index contributed by atoms with van der Waals surface area (Å²) in [6.07, 6.45) is 3.86. The summed E-state index contributed by atoms with van der Waals surface area (Å²) < 4.78 is 5.03. The smallest absolute Gasteiger partial charge is 0.309 e. The molecule has 0 unspecified atom stereocenters. The maximum Gasteiger partial charge on any atom is 0.309 e. The highest BCUT2D eigenvalue weighted by Gasteiger charge is 2.42. The predicted octanol–water partition coefficient (Wildman–Crippen LogP) is 1.01. The highest BCUT2D eigenvalue weighted by molar-refractivity contribution is 5.73. The summed E-state index contributed by atoms with van der Waals surface area (Å²) in [5.41, 5.74) is 2.83. The molecule has 0 radical (unpaired) electrons. The molecule has 1 fully saturated rings.